The van der Waals surface area contributed by atoms with E-state index in [0.717, 1.165) is 11.8 Å². The number of amides is 2. The van der Waals surface area contributed by atoms with Crippen LogP contribution in [0.5, 0.6) is 0 Å². The number of carbonyl (C=O) groups is 3. The van der Waals surface area contributed by atoms with Crippen molar-refractivity contribution in [2.45, 2.75) is 59.7 Å². The third-order valence-corrected chi connectivity index (χ3v) is 3.82. The molecule has 144 valence electrons. The number of benzene rings is 1. The second-order valence-electron chi connectivity index (χ2n) is 7.89. The topological polar surface area (TPSA) is 84.5 Å². The van der Waals surface area contributed by atoms with E-state index in [4.69, 9.17) is 4.74 Å². The van der Waals surface area contributed by atoms with Crippen LogP contribution < -0.4 is 10.6 Å². The minimum absolute atomic E-state index is 0.121. The van der Waals surface area contributed by atoms with Crippen LogP contribution in [0.15, 0.2) is 30.3 Å². The molecule has 0 heterocycles. The monoisotopic (exact) mass is 362 g/mol. The number of nitrogens with one attached hydrogen (secondary N) is 2. The number of carbonyl (C=O) groups excluding carboxylic acids is 3. The Bertz CT molecular complexity index is 594. The molecule has 1 aromatic carbocycles. The van der Waals surface area contributed by atoms with Gasteiger partial charge in [0.05, 0.1) is 6.04 Å². The van der Waals surface area contributed by atoms with Gasteiger partial charge in [0, 0.05) is 0 Å². The Kier molecular flexibility index (Phi) is 8.29. The molecule has 0 saturated heterocycles. The van der Waals surface area contributed by atoms with Gasteiger partial charge in [0.15, 0.2) is 0 Å². The van der Waals surface area contributed by atoms with Gasteiger partial charge in [-0.2, -0.15) is 0 Å². The molecule has 1 aromatic rings. The van der Waals surface area contributed by atoms with Gasteiger partial charge in [-0.15, -0.1) is 0 Å². The van der Waals surface area contributed by atoms with Crippen molar-refractivity contribution in [3.63, 3.8) is 0 Å². The van der Waals surface area contributed by atoms with Crippen molar-refractivity contribution in [3.8, 4) is 0 Å². The van der Waals surface area contributed by atoms with E-state index in [1.165, 1.54) is 0 Å². The van der Waals surface area contributed by atoms with Crippen molar-refractivity contribution in [1.29, 1.82) is 0 Å². The average Bonchev–Trinajstić information content (AvgIpc) is 2.56. The van der Waals surface area contributed by atoms with Crippen molar-refractivity contribution in [1.82, 2.24) is 10.6 Å². The van der Waals surface area contributed by atoms with Crippen molar-refractivity contribution >= 4 is 18.3 Å². The highest BCUT2D eigenvalue weighted by atomic mass is 16.5. The highest BCUT2D eigenvalue weighted by molar-refractivity contribution is 5.88. The van der Waals surface area contributed by atoms with Gasteiger partial charge in [-0.3, -0.25) is 4.79 Å². The summed E-state index contributed by atoms with van der Waals surface area (Å²) >= 11 is 0. The predicted octanol–water partition coefficient (Wildman–Crippen LogP) is 3.06. The number of rotatable bonds is 8. The fraction of sp³-hybridized carbons (Fsp3) is 0.550. The highest BCUT2D eigenvalue weighted by Gasteiger charge is 2.34. The first-order chi connectivity index (χ1) is 12.1. The lowest BCUT2D eigenvalue weighted by atomic mass is 9.86. The first-order valence-electron chi connectivity index (χ1n) is 8.86. The third kappa shape index (κ3) is 7.68. The van der Waals surface area contributed by atoms with Gasteiger partial charge in [-0.25, -0.2) is 4.79 Å². The smallest absolute Gasteiger partial charge is 0.408 e. The van der Waals surface area contributed by atoms with Gasteiger partial charge < -0.3 is 20.2 Å². The molecule has 0 fully saturated rings. The van der Waals surface area contributed by atoms with E-state index >= 15 is 0 Å². The minimum atomic E-state index is -0.819. The molecule has 0 unspecified atom stereocenters. The Balaban J connectivity index is 2.69. The lowest BCUT2D eigenvalue weighted by Crippen LogP contribution is -2.55. The minimum Gasteiger partial charge on any atom is -0.445 e. The summed E-state index contributed by atoms with van der Waals surface area (Å²) in [6.45, 7) is 9.59. The van der Waals surface area contributed by atoms with E-state index in [2.05, 4.69) is 10.6 Å². The van der Waals surface area contributed by atoms with Crippen LogP contribution in [0.25, 0.3) is 0 Å². The second kappa shape index (κ2) is 9.94. The van der Waals surface area contributed by atoms with Gasteiger partial charge in [0.2, 0.25) is 5.91 Å². The molecule has 0 bridgehead atoms. The molecule has 2 atom stereocenters. The highest BCUT2D eigenvalue weighted by Crippen LogP contribution is 2.20. The van der Waals surface area contributed by atoms with Crippen LogP contribution in [0.2, 0.25) is 0 Å². The standard InChI is InChI=1S/C20H30N2O4/c1-14(2)11-16(12-23)21-18(24)17(20(3,4)5)22-19(25)26-13-15-9-7-6-8-10-15/h6-10,12,14,16-17H,11,13H2,1-5H3,(H,21,24)(H,22,25)/t16-,17+/m0/s1. The van der Waals surface area contributed by atoms with E-state index in [-0.39, 0.29) is 12.5 Å². The van der Waals surface area contributed by atoms with Crippen LogP contribution in [0.1, 0.15) is 46.6 Å². The van der Waals surface area contributed by atoms with Crippen LogP contribution in [0.3, 0.4) is 0 Å². The lowest BCUT2D eigenvalue weighted by molar-refractivity contribution is -0.128. The van der Waals surface area contributed by atoms with Gasteiger partial charge in [0.1, 0.15) is 18.9 Å². The zero-order valence-electron chi connectivity index (χ0n) is 16.2. The summed E-state index contributed by atoms with van der Waals surface area (Å²) in [5, 5.41) is 5.33. The SMILES string of the molecule is CC(C)C[C@@H](C=O)NC(=O)[C@@H](NC(=O)OCc1ccccc1)C(C)(C)C. The van der Waals surface area contributed by atoms with Gasteiger partial charge in [-0.05, 0) is 23.3 Å². The Morgan fingerprint density at radius 1 is 1.12 bits per heavy atom. The fourth-order valence-electron chi connectivity index (χ4n) is 2.48. The zero-order valence-corrected chi connectivity index (χ0v) is 16.2. The van der Waals surface area contributed by atoms with Gasteiger partial charge in [-0.1, -0.05) is 65.0 Å². The molecule has 0 aromatic heterocycles. The normalized spacial score (nSPS) is 13.6. The molecule has 0 aliphatic rings. The molecule has 6 heteroatoms. The molecule has 0 aliphatic carbocycles. The second-order valence-corrected chi connectivity index (χ2v) is 7.89. The summed E-state index contributed by atoms with van der Waals surface area (Å²) < 4.78 is 5.20. The molecular formula is C20H30N2O4. The molecule has 1 rings (SSSR count). The third-order valence-electron chi connectivity index (χ3n) is 3.82. The van der Waals surface area contributed by atoms with Crippen molar-refractivity contribution in [2.75, 3.05) is 0 Å². The quantitative estimate of drug-likeness (QED) is 0.696. The number of aldehydes is 1. The zero-order chi connectivity index (χ0) is 19.7. The fourth-order valence-corrected chi connectivity index (χ4v) is 2.48. The van der Waals surface area contributed by atoms with E-state index in [0.29, 0.717) is 6.42 Å². The Morgan fingerprint density at radius 2 is 1.73 bits per heavy atom. The lowest BCUT2D eigenvalue weighted by Gasteiger charge is -2.31. The summed E-state index contributed by atoms with van der Waals surface area (Å²) in [4.78, 5) is 35.9. The molecule has 0 spiro atoms. The predicted molar refractivity (Wildman–Crippen MR) is 100 cm³/mol. The van der Waals surface area contributed by atoms with Crippen molar-refractivity contribution in [2.24, 2.45) is 11.3 Å². The average molecular weight is 362 g/mol. The van der Waals surface area contributed by atoms with E-state index < -0.39 is 29.5 Å². The first-order valence-corrected chi connectivity index (χ1v) is 8.86. The molecule has 0 radical (unpaired) electrons. The largest absolute Gasteiger partial charge is 0.445 e. The van der Waals surface area contributed by atoms with E-state index in [1.807, 2.05) is 65.0 Å². The molecular weight excluding hydrogens is 332 g/mol. The van der Waals surface area contributed by atoms with E-state index in [1.54, 1.807) is 0 Å². The first kappa shape index (κ1) is 21.7. The van der Waals surface area contributed by atoms with Crippen LogP contribution in [-0.2, 0) is 20.9 Å². The van der Waals surface area contributed by atoms with Crippen molar-refractivity contribution < 1.29 is 19.1 Å². The summed E-state index contributed by atoms with van der Waals surface area (Å²) in [6, 6.07) is 7.90. The Morgan fingerprint density at radius 3 is 2.23 bits per heavy atom. The molecule has 0 aliphatic heterocycles. The maximum Gasteiger partial charge on any atom is 0.408 e. The molecule has 2 amide bonds. The van der Waals surface area contributed by atoms with Gasteiger partial charge in [0.25, 0.3) is 0 Å². The summed E-state index contributed by atoms with van der Waals surface area (Å²) in [6.07, 6.45) is 0.603. The number of hydrogen-bond acceptors (Lipinski definition) is 4. The maximum atomic E-state index is 12.6. The number of alkyl carbamates (subject to hydrolysis) is 1. The number of ether oxygens (including phenoxy) is 1. The molecule has 6 nitrogen and oxygen atoms in total. The maximum absolute atomic E-state index is 12.6. The van der Waals surface area contributed by atoms with Crippen LogP contribution in [0, 0.1) is 11.3 Å². The molecule has 0 saturated carbocycles. The van der Waals surface area contributed by atoms with Crippen LogP contribution in [0.4, 0.5) is 4.79 Å². The Labute approximate surface area is 155 Å². The van der Waals surface area contributed by atoms with E-state index in [9.17, 15) is 14.4 Å². The molecule has 2 N–H and O–H groups in total. The van der Waals surface area contributed by atoms with Gasteiger partial charge >= 0.3 is 6.09 Å². The summed E-state index contributed by atoms with van der Waals surface area (Å²) in [7, 11) is 0. The van der Waals surface area contributed by atoms with Crippen LogP contribution in [-0.4, -0.2) is 30.4 Å². The summed E-state index contributed by atoms with van der Waals surface area (Å²) in [5.41, 5.74) is 0.318. The summed E-state index contributed by atoms with van der Waals surface area (Å²) in [5.74, 6) is -0.130. The van der Waals surface area contributed by atoms with Crippen molar-refractivity contribution in [3.05, 3.63) is 35.9 Å². The molecule has 26 heavy (non-hydrogen) atoms. The number of hydrogen-bond donors (Lipinski definition) is 2. The van der Waals surface area contributed by atoms with Crippen LogP contribution >= 0.6 is 0 Å². The Hall–Kier alpha value is -2.37.